The quantitative estimate of drug-likeness (QED) is 0.113. The van der Waals surface area contributed by atoms with Gasteiger partial charge in [-0.05, 0) is 70.2 Å². The highest BCUT2D eigenvalue weighted by Crippen LogP contribution is 2.37. The summed E-state index contributed by atoms with van der Waals surface area (Å²) in [5, 5.41) is 18.4. The van der Waals surface area contributed by atoms with Crippen LogP contribution in [0.4, 0.5) is 0 Å². The number of hydrogen-bond acceptors (Lipinski definition) is 3. The molecule has 8 rings (SSSR count). The fraction of sp³-hybridized carbons (Fsp3) is 0.0976. The maximum Gasteiger partial charge on any atom is 0.150 e. The van der Waals surface area contributed by atoms with Crippen molar-refractivity contribution in [3.05, 3.63) is 120 Å². The van der Waals surface area contributed by atoms with Gasteiger partial charge in [0.25, 0.3) is 0 Å². The monoisotopic (exact) mass is 605 g/mol. The molecule has 222 valence electrons. The molecule has 0 amide bonds. The number of terminal acetylenes is 2. The fourth-order valence-corrected chi connectivity index (χ4v) is 6.08. The van der Waals surface area contributed by atoms with Crippen molar-refractivity contribution in [3.63, 3.8) is 0 Å². The maximum atomic E-state index is 11.2. The average molecular weight is 606 g/mol. The first kappa shape index (κ1) is 32.7. The van der Waals surface area contributed by atoms with Crippen molar-refractivity contribution in [1.82, 2.24) is 5.32 Å². The predicted molar refractivity (Wildman–Crippen MR) is 191 cm³/mol. The molecule has 0 atom stereocenters. The molecule has 0 fully saturated rings. The van der Waals surface area contributed by atoms with Crippen LogP contribution in [0, 0.1) is 24.7 Å². The summed E-state index contributed by atoms with van der Waals surface area (Å²) in [5.74, 6) is 4.83. The summed E-state index contributed by atoms with van der Waals surface area (Å²) < 4.78 is 0. The van der Waals surface area contributed by atoms with Crippen LogP contribution in [0.3, 0.4) is 0 Å². The molecule has 0 unspecified atom stereocenters. The Morgan fingerprint density at radius 1 is 0.600 bits per heavy atom. The van der Waals surface area contributed by atoms with Gasteiger partial charge in [0.15, 0.2) is 6.29 Å². The van der Waals surface area contributed by atoms with Crippen molar-refractivity contribution in [2.75, 3.05) is 13.1 Å². The van der Waals surface area contributed by atoms with Crippen LogP contribution in [-0.2, 0) is 6.54 Å². The van der Waals surface area contributed by atoms with E-state index in [-0.39, 0.29) is 19.8 Å². The highest BCUT2D eigenvalue weighted by atomic mass is 35.5. The molecule has 0 saturated carbocycles. The van der Waals surface area contributed by atoms with Crippen LogP contribution in [0.25, 0.3) is 64.6 Å². The van der Waals surface area contributed by atoms with Crippen LogP contribution < -0.4 is 23.5 Å². The first-order valence-corrected chi connectivity index (χ1v) is 14.2. The van der Waals surface area contributed by atoms with Gasteiger partial charge in [0.05, 0.1) is 13.1 Å². The number of carbonyl (C=O) groups is 1. The number of benzene rings is 8. The topological polar surface area (TPSA) is 55.1 Å². The summed E-state index contributed by atoms with van der Waals surface area (Å²) in [6.45, 7) is 1.75. The highest BCUT2D eigenvalue weighted by molar-refractivity contribution is 6.25. The number of halogens is 1. The molecule has 0 aliphatic heterocycles. The van der Waals surface area contributed by atoms with E-state index in [1.165, 1.54) is 64.8 Å². The lowest BCUT2D eigenvalue weighted by molar-refractivity contribution is -0.0000150. The summed E-state index contributed by atoms with van der Waals surface area (Å²) in [6, 6.07) is 38.4. The summed E-state index contributed by atoms with van der Waals surface area (Å²) >= 11 is 0. The highest BCUT2D eigenvalue weighted by Gasteiger charge is 2.11. The van der Waals surface area contributed by atoms with E-state index >= 15 is 0 Å². The Morgan fingerprint density at radius 3 is 1.51 bits per heavy atom. The van der Waals surface area contributed by atoms with Gasteiger partial charge >= 0.3 is 0 Å². The van der Waals surface area contributed by atoms with Gasteiger partial charge in [-0.15, -0.1) is 12.8 Å². The van der Waals surface area contributed by atoms with Gasteiger partial charge in [-0.3, -0.25) is 4.79 Å². The Hall–Kier alpha value is -5.16. The maximum absolute atomic E-state index is 11.2. The molecule has 3 nitrogen and oxygen atoms in total. The Labute approximate surface area is 270 Å². The van der Waals surface area contributed by atoms with Gasteiger partial charge in [0.2, 0.25) is 0 Å². The number of nitrogens with two attached hydrogens (primary N) is 1. The molecule has 8 aromatic carbocycles. The van der Waals surface area contributed by atoms with E-state index in [2.05, 4.69) is 115 Å². The first-order chi connectivity index (χ1) is 21.2. The van der Waals surface area contributed by atoms with Crippen LogP contribution >= 0.6 is 0 Å². The second-order valence-electron chi connectivity index (χ2n) is 10.4. The van der Waals surface area contributed by atoms with E-state index < -0.39 is 0 Å². The van der Waals surface area contributed by atoms with Crippen molar-refractivity contribution in [3.8, 4) is 24.7 Å². The van der Waals surface area contributed by atoms with Crippen LogP contribution in [0.2, 0.25) is 0 Å². The lowest BCUT2D eigenvalue weighted by atomic mass is 9.92. The van der Waals surface area contributed by atoms with E-state index in [0.29, 0.717) is 13.1 Å². The second kappa shape index (κ2) is 14.5. The molecule has 3 N–H and O–H groups in total. The van der Waals surface area contributed by atoms with Crippen molar-refractivity contribution < 1.29 is 17.2 Å². The second-order valence-corrected chi connectivity index (χ2v) is 10.4. The molecule has 0 heterocycles. The number of hydrogen-bond donors (Lipinski definition) is 2. The van der Waals surface area contributed by atoms with E-state index in [1.54, 1.807) is 0 Å². The van der Waals surface area contributed by atoms with Crippen molar-refractivity contribution in [2.24, 2.45) is 5.73 Å². The van der Waals surface area contributed by atoms with Gasteiger partial charge in [-0.2, -0.15) is 0 Å². The van der Waals surface area contributed by atoms with Gasteiger partial charge in [0, 0.05) is 12.1 Å². The molecule has 0 radical (unpaired) electrons. The van der Waals surface area contributed by atoms with Gasteiger partial charge in [-0.25, -0.2) is 0 Å². The SMILES string of the molecule is C.C#CCN.C#CCNCc1ccc2ccc3cccc4ccc1c2c34.O=Cc1ccc2ccc3cccc4ccc1c2c34.[Cl-]. The molecular weight excluding hydrogens is 572 g/mol. The van der Waals surface area contributed by atoms with Crippen molar-refractivity contribution in [1.29, 1.82) is 0 Å². The summed E-state index contributed by atoms with van der Waals surface area (Å²) in [6.07, 6.45) is 10.9. The molecule has 0 spiro atoms. The van der Waals surface area contributed by atoms with Gasteiger partial charge < -0.3 is 23.5 Å². The molecule has 45 heavy (non-hydrogen) atoms. The molecule has 4 heteroatoms. The average Bonchev–Trinajstić information content (AvgIpc) is 3.07. The van der Waals surface area contributed by atoms with E-state index in [0.717, 1.165) is 23.8 Å². The third-order valence-corrected chi connectivity index (χ3v) is 7.97. The lowest BCUT2D eigenvalue weighted by Crippen LogP contribution is -3.00. The summed E-state index contributed by atoms with van der Waals surface area (Å²) in [4.78, 5) is 11.2. The van der Waals surface area contributed by atoms with E-state index in [4.69, 9.17) is 12.2 Å². The standard InChI is InChI=1S/C20H15N.C17H10O.C3H5N.CH4.ClH/c1-2-12-21-13-17-9-8-16-7-6-14-4-3-5-15-10-11-18(17)20(16)19(14)15;18-10-14-7-6-13-5-4-11-2-1-3-12-8-9-15(14)17(13)16(11)12;1-2-3-4;;/h1,3-11,21H,12-13H2;1-10H;1H,3-4H2;1H4;1H/p-1. The lowest BCUT2D eigenvalue weighted by Gasteiger charge is -2.13. The largest absolute Gasteiger partial charge is 1.00 e. The fourth-order valence-electron chi connectivity index (χ4n) is 6.08. The third kappa shape index (κ3) is 6.12. The van der Waals surface area contributed by atoms with E-state index in [9.17, 15) is 4.79 Å². The molecule has 8 aromatic rings. The van der Waals surface area contributed by atoms with Crippen LogP contribution in [0.1, 0.15) is 23.3 Å². The molecule has 0 aromatic heterocycles. The molecular formula is C41H34ClN2O-. The normalized spacial score (nSPS) is 10.4. The smallest absolute Gasteiger partial charge is 0.150 e. The molecule has 0 aliphatic rings. The number of carbonyl (C=O) groups excluding carboxylic acids is 1. The summed E-state index contributed by atoms with van der Waals surface area (Å²) in [5.41, 5.74) is 6.86. The predicted octanol–water partition coefficient (Wildman–Crippen LogP) is 5.92. The molecule has 0 aliphatic carbocycles. The zero-order valence-corrected chi connectivity index (χ0v) is 24.9. The Morgan fingerprint density at radius 2 is 1.02 bits per heavy atom. The summed E-state index contributed by atoms with van der Waals surface area (Å²) in [7, 11) is 0. The minimum absolute atomic E-state index is 0. The van der Waals surface area contributed by atoms with E-state index in [1.807, 2.05) is 18.2 Å². The zero-order valence-electron chi connectivity index (χ0n) is 24.1. The minimum Gasteiger partial charge on any atom is -1.00 e. The number of rotatable bonds is 4. The van der Waals surface area contributed by atoms with Crippen molar-refractivity contribution in [2.45, 2.75) is 14.0 Å². The Kier molecular flexibility index (Phi) is 10.6. The number of nitrogens with one attached hydrogen (secondary N) is 1. The first-order valence-electron chi connectivity index (χ1n) is 14.2. The van der Waals surface area contributed by atoms with Crippen LogP contribution in [0.15, 0.2) is 109 Å². The van der Waals surface area contributed by atoms with Crippen LogP contribution in [-0.4, -0.2) is 19.4 Å². The minimum atomic E-state index is 0. The van der Waals surface area contributed by atoms with Crippen molar-refractivity contribution >= 4 is 70.9 Å². The zero-order chi connectivity index (χ0) is 29.8. The number of aldehydes is 1. The molecule has 0 saturated heterocycles. The third-order valence-electron chi connectivity index (χ3n) is 7.97. The Balaban J connectivity index is 0.000000178. The van der Waals surface area contributed by atoms with Gasteiger partial charge in [0.1, 0.15) is 0 Å². The Bertz CT molecular complexity index is 2280. The van der Waals surface area contributed by atoms with Gasteiger partial charge in [-0.1, -0.05) is 128 Å². The molecule has 0 bridgehead atoms. The van der Waals surface area contributed by atoms with Crippen LogP contribution in [0.5, 0.6) is 0 Å².